The molecule has 0 aromatic heterocycles. The van der Waals surface area contributed by atoms with Gasteiger partial charge in [0.1, 0.15) is 0 Å². The summed E-state index contributed by atoms with van der Waals surface area (Å²) >= 11 is 0. The molecule has 1 atom stereocenters. The smallest absolute Gasteiger partial charge is 0.0427 e. The maximum atomic E-state index is 6.30. The molecule has 0 saturated heterocycles. The van der Waals surface area contributed by atoms with Crippen LogP contribution in [0.25, 0.3) is 0 Å². The van der Waals surface area contributed by atoms with E-state index in [-0.39, 0.29) is 11.5 Å². The molecule has 2 heterocycles. The first-order valence-corrected chi connectivity index (χ1v) is 9.88. The normalized spacial score (nSPS) is 20.2. The fourth-order valence-electron chi connectivity index (χ4n) is 4.01. The van der Waals surface area contributed by atoms with Crippen molar-refractivity contribution in [2.24, 2.45) is 10.7 Å². The molecule has 3 rings (SSSR count). The zero-order valence-electron chi connectivity index (χ0n) is 17.0. The lowest BCUT2D eigenvalue weighted by Gasteiger charge is -2.41. The monoisotopic (exact) mass is 351 g/mol. The number of hydrogen-bond donors (Lipinski definition) is 1. The minimum atomic E-state index is 0.0650. The highest BCUT2D eigenvalue weighted by Gasteiger charge is 2.32. The Bertz CT molecular complexity index is 766. The quantitative estimate of drug-likeness (QED) is 0.823. The topological polar surface area (TPSA) is 41.6 Å². The van der Waals surface area contributed by atoms with Gasteiger partial charge in [-0.3, -0.25) is 4.99 Å². The van der Waals surface area contributed by atoms with E-state index in [4.69, 9.17) is 5.73 Å². The minimum absolute atomic E-state index is 0.0650. The van der Waals surface area contributed by atoms with Crippen molar-refractivity contribution in [3.05, 3.63) is 52.7 Å². The molecular weight excluding hydrogens is 318 g/mol. The summed E-state index contributed by atoms with van der Waals surface area (Å²) in [5.41, 5.74) is 14.5. The second-order valence-electron chi connectivity index (χ2n) is 8.43. The van der Waals surface area contributed by atoms with Crippen molar-refractivity contribution in [3.63, 3.8) is 0 Å². The van der Waals surface area contributed by atoms with Crippen molar-refractivity contribution in [3.8, 4) is 0 Å². The van der Waals surface area contributed by atoms with Crippen molar-refractivity contribution in [1.29, 1.82) is 0 Å². The van der Waals surface area contributed by atoms with Crippen LogP contribution < -0.4 is 10.6 Å². The number of hydrogen-bond acceptors (Lipinski definition) is 3. The van der Waals surface area contributed by atoms with Crippen LogP contribution in [0.1, 0.15) is 70.2 Å². The molecule has 0 radical (unpaired) electrons. The average molecular weight is 352 g/mol. The largest absolute Gasteiger partial charge is 0.367 e. The predicted molar refractivity (Wildman–Crippen MR) is 113 cm³/mol. The predicted octanol–water partition coefficient (Wildman–Crippen LogP) is 5.06. The number of aryl methyl sites for hydroxylation is 1. The van der Waals surface area contributed by atoms with Gasteiger partial charge in [0, 0.05) is 43.2 Å². The van der Waals surface area contributed by atoms with Crippen molar-refractivity contribution in [2.45, 2.75) is 65.3 Å². The second kappa shape index (κ2) is 7.40. The number of fused-ring (bicyclic) bond motifs is 1. The van der Waals surface area contributed by atoms with Gasteiger partial charge in [-0.05, 0) is 66.5 Å². The molecule has 0 spiro atoms. The van der Waals surface area contributed by atoms with Gasteiger partial charge >= 0.3 is 0 Å². The van der Waals surface area contributed by atoms with Gasteiger partial charge in [-0.1, -0.05) is 32.9 Å². The Hall–Kier alpha value is -1.87. The van der Waals surface area contributed by atoms with Crippen LogP contribution in [-0.4, -0.2) is 18.8 Å². The number of allylic oxidation sites excluding steroid dienone is 1. The first-order chi connectivity index (χ1) is 12.3. The third-order valence-corrected chi connectivity index (χ3v) is 5.82. The van der Waals surface area contributed by atoms with E-state index in [1.165, 1.54) is 40.1 Å². The van der Waals surface area contributed by atoms with Gasteiger partial charge in [0.15, 0.2) is 0 Å². The summed E-state index contributed by atoms with van der Waals surface area (Å²) in [5, 5.41) is 0. The molecule has 0 bridgehead atoms. The van der Waals surface area contributed by atoms with Gasteiger partial charge in [-0.25, -0.2) is 0 Å². The fraction of sp³-hybridized carbons (Fsp3) is 0.522. The van der Waals surface area contributed by atoms with Crippen LogP contribution in [0.5, 0.6) is 0 Å². The average Bonchev–Trinajstić information content (AvgIpc) is 2.80. The molecule has 0 saturated carbocycles. The zero-order valence-corrected chi connectivity index (χ0v) is 17.0. The van der Waals surface area contributed by atoms with Gasteiger partial charge < -0.3 is 10.6 Å². The number of benzene rings is 1. The van der Waals surface area contributed by atoms with Gasteiger partial charge in [0.25, 0.3) is 0 Å². The van der Waals surface area contributed by atoms with Crippen LogP contribution in [0.2, 0.25) is 0 Å². The van der Waals surface area contributed by atoms with E-state index in [1.807, 2.05) is 6.20 Å². The Morgan fingerprint density at radius 2 is 2.08 bits per heavy atom. The highest BCUT2D eigenvalue weighted by Crippen LogP contribution is 2.42. The van der Waals surface area contributed by atoms with E-state index < -0.39 is 0 Å². The van der Waals surface area contributed by atoms with Crippen LogP contribution in [-0.2, 0) is 11.8 Å². The van der Waals surface area contributed by atoms with Crippen molar-refractivity contribution < 1.29 is 0 Å². The van der Waals surface area contributed by atoms with Crippen LogP contribution in [0.4, 0.5) is 5.69 Å². The number of nitrogens with zero attached hydrogens (tertiary/aromatic N) is 2. The molecule has 26 heavy (non-hydrogen) atoms. The Kier molecular flexibility index (Phi) is 5.38. The fourth-order valence-corrected chi connectivity index (χ4v) is 4.01. The van der Waals surface area contributed by atoms with Crippen molar-refractivity contribution >= 4 is 11.4 Å². The van der Waals surface area contributed by atoms with E-state index in [1.54, 1.807) is 0 Å². The molecule has 1 aromatic rings. The summed E-state index contributed by atoms with van der Waals surface area (Å²) in [4.78, 5) is 6.97. The van der Waals surface area contributed by atoms with Crippen molar-refractivity contribution in [2.75, 3.05) is 18.0 Å². The SMILES string of the molecule is CCc1cc2c(cc1[C@H](C)N)N(CC1=CCC(C)=NC=C1)CCC2(C)C. The van der Waals surface area contributed by atoms with Crippen LogP contribution in [0.15, 0.2) is 41.1 Å². The summed E-state index contributed by atoms with van der Waals surface area (Å²) in [6.45, 7) is 13.2. The van der Waals surface area contributed by atoms with E-state index >= 15 is 0 Å². The number of anilines is 1. The Balaban J connectivity index is 1.99. The van der Waals surface area contributed by atoms with Crippen LogP contribution in [0.3, 0.4) is 0 Å². The van der Waals surface area contributed by atoms with Gasteiger partial charge in [-0.2, -0.15) is 0 Å². The molecule has 3 nitrogen and oxygen atoms in total. The third kappa shape index (κ3) is 3.78. The number of rotatable bonds is 4. The third-order valence-electron chi connectivity index (χ3n) is 5.82. The molecule has 3 heteroatoms. The maximum Gasteiger partial charge on any atom is 0.0427 e. The summed E-state index contributed by atoms with van der Waals surface area (Å²) in [6.07, 6.45) is 9.56. The highest BCUT2D eigenvalue weighted by molar-refractivity contribution is 5.84. The summed E-state index contributed by atoms with van der Waals surface area (Å²) in [7, 11) is 0. The van der Waals surface area contributed by atoms with Crippen LogP contribution >= 0.6 is 0 Å². The lowest BCUT2D eigenvalue weighted by molar-refractivity contribution is 0.456. The number of nitrogens with two attached hydrogens (primary N) is 1. The van der Waals surface area contributed by atoms with E-state index in [9.17, 15) is 0 Å². The molecule has 0 unspecified atom stereocenters. The Labute approximate surface area is 158 Å². The summed E-state index contributed by atoms with van der Waals surface area (Å²) in [6, 6.07) is 4.85. The molecule has 2 aliphatic rings. The van der Waals surface area contributed by atoms with Crippen LogP contribution in [0, 0.1) is 0 Å². The molecule has 0 aliphatic carbocycles. The highest BCUT2D eigenvalue weighted by atomic mass is 15.1. The van der Waals surface area contributed by atoms with E-state index in [2.05, 4.69) is 68.8 Å². The standard InChI is InChI=1S/C23H33N3/c1-6-19-13-21-22(14-20(19)17(3)24)26(12-10-23(21,4)5)15-18-8-7-16(2)25-11-9-18/h8-9,11,13-14,17H,6-7,10,12,15,24H2,1-5H3/t17-/m0/s1. The second-order valence-corrected chi connectivity index (χ2v) is 8.43. The van der Waals surface area contributed by atoms with Gasteiger partial charge in [-0.15, -0.1) is 0 Å². The lowest BCUT2D eigenvalue weighted by atomic mass is 9.75. The van der Waals surface area contributed by atoms with E-state index in [0.717, 1.165) is 25.9 Å². The van der Waals surface area contributed by atoms with Gasteiger partial charge in [0.05, 0.1) is 0 Å². The number of aliphatic imine (C=N–C) groups is 1. The molecule has 140 valence electrons. The lowest BCUT2D eigenvalue weighted by Crippen LogP contribution is -2.38. The first-order valence-electron chi connectivity index (χ1n) is 9.88. The molecule has 0 amide bonds. The molecule has 2 aliphatic heterocycles. The zero-order chi connectivity index (χ0) is 18.9. The molecule has 2 N–H and O–H groups in total. The molecule has 1 aromatic carbocycles. The molecular formula is C23H33N3. The Morgan fingerprint density at radius 1 is 1.31 bits per heavy atom. The summed E-state index contributed by atoms with van der Waals surface area (Å²) in [5.74, 6) is 0. The minimum Gasteiger partial charge on any atom is -0.367 e. The molecule has 0 fully saturated rings. The van der Waals surface area contributed by atoms with Crippen molar-refractivity contribution in [1.82, 2.24) is 0 Å². The van der Waals surface area contributed by atoms with Gasteiger partial charge in [0.2, 0.25) is 0 Å². The first kappa shape index (κ1) is 18.9. The Morgan fingerprint density at radius 3 is 2.77 bits per heavy atom. The van der Waals surface area contributed by atoms with E-state index in [0.29, 0.717) is 0 Å². The summed E-state index contributed by atoms with van der Waals surface area (Å²) < 4.78 is 0. The maximum absolute atomic E-state index is 6.30.